The van der Waals surface area contributed by atoms with Gasteiger partial charge in [-0.2, -0.15) is 0 Å². The minimum absolute atomic E-state index is 0.119. The molecule has 2 saturated carbocycles. The van der Waals surface area contributed by atoms with Gasteiger partial charge in [0.05, 0.1) is 0 Å². The fraction of sp³-hybridized carbons (Fsp3) is 0.806. The number of alkyl halides is 3. The number of halogens is 3. The van der Waals surface area contributed by atoms with E-state index < -0.39 is 18.5 Å². The third kappa shape index (κ3) is 8.02. The van der Waals surface area contributed by atoms with Gasteiger partial charge in [-0.15, -0.1) is 0 Å². The van der Waals surface area contributed by atoms with Gasteiger partial charge in [0.25, 0.3) is 5.92 Å². The highest BCUT2D eigenvalue weighted by molar-refractivity contribution is 5.28. The van der Waals surface area contributed by atoms with Gasteiger partial charge in [-0.3, -0.25) is 0 Å². The van der Waals surface area contributed by atoms with Crippen LogP contribution in [0, 0.1) is 17.8 Å². The Bertz CT molecular complexity index is 666. The molecule has 0 N–H and O–H groups in total. The molecule has 34 heavy (non-hydrogen) atoms. The highest BCUT2D eigenvalue weighted by atomic mass is 19.3. The lowest BCUT2D eigenvalue weighted by Gasteiger charge is -2.38. The number of rotatable bonds is 13. The molecule has 3 heteroatoms. The molecule has 0 aliphatic heterocycles. The molecular weight excluding hydrogens is 429 g/mol. The lowest BCUT2D eigenvalue weighted by Crippen LogP contribution is -2.25. The molecule has 2 fully saturated rings. The molecule has 0 spiro atoms. The Hall–Kier alpha value is -0.990. The van der Waals surface area contributed by atoms with Crippen molar-refractivity contribution in [2.75, 3.05) is 0 Å². The predicted molar refractivity (Wildman–Crippen MR) is 138 cm³/mol. The lowest BCUT2D eigenvalue weighted by molar-refractivity contribution is -0.0807. The maximum atomic E-state index is 14.3. The Labute approximate surface area is 207 Å². The van der Waals surface area contributed by atoms with Crippen molar-refractivity contribution in [1.82, 2.24) is 0 Å². The van der Waals surface area contributed by atoms with Gasteiger partial charge in [-0.05, 0) is 73.3 Å². The minimum Gasteiger partial charge on any atom is -0.236 e. The van der Waals surface area contributed by atoms with E-state index in [1.54, 1.807) is 19.1 Å². The van der Waals surface area contributed by atoms with E-state index in [1.165, 1.54) is 102 Å². The van der Waals surface area contributed by atoms with Crippen molar-refractivity contribution in [2.45, 2.75) is 141 Å². The van der Waals surface area contributed by atoms with Crippen LogP contribution in [0.25, 0.3) is 0 Å². The number of benzene rings is 1. The van der Waals surface area contributed by atoms with Crippen LogP contribution in [0.3, 0.4) is 0 Å². The van der Waals surface area contributed by atoms with E-state index in [2.05, 4.69) is 6.92 Å². The zero-order chi connectivity index (χ0) is 24.4. The van der Waals surface area contributed by atoms with E-state index in [9.17, 15) is 13.2 Å². The number of unbranched alkanes of at least 4 members (excludes halogenated alkanes) is 5. The molecule has 1 atom stereocenters. The molecule has 0 amide bonds. The molecule has 194 valence electrons. The van der Waals surface area contributed by atoms with Crippen LogP contribution >= 0.6 is 0 Å². The van der Waals surface area contributed by atoms with E-state index in [1.807, 2.05) is 12.1 Å². The van der Waals surface area contributed by atoms with Crippen molar-refractivity contribution in [2.24, 2.45) is 17.8 Å². The monoisotopic (exact) mass is 478 g/mol. The summed E-state index contributed by atoms with van der Waals surface area (Å²) in [5, 5.41) is 0. The maximum Gasteiger partial charge on any atom is 0.282 e. The van der Waals surface area contributed by atoms with Gasteiger partial charge >= 0.3 is 0 Å². The van der Waals surface area contributed by atoms with Crippen LogP contribution in [0.2, 0.25) is 0 Å². The molecule has 1 aromatic rings. The minimum atomic E-state index is -3.28. The highest BCUT2D eigenvalue weighted by Gasteiger charge is 2.40. The van der Waals surface area contributed by atoms with Crippen molar-refractivity contribution < 1.29 is 13.2 Å². The summed E-state index contributed by atoms with van der Waals surface area (Å²) in [4.78, 5) is 0. The second kappa shape index (κ2) is 13.9. The normalized spacial score (nSPS) is 27.0. The van der Waals surface area contributed by atoms with Crippen molar-refractivity contribution >= 4 is 0 Å². The molecule has 3 rings (SSSR count). The summed E-state index contributed by atoms with van der Waals surface area (Å²) in [5.41, 5.74) is 1.32. The summed E-state index contributed by atoms with van der Waals surface area (Å²) in [5.74, 6) is -0.0160. The molecule has 0 nitrogen and oxygen atoms in total. The second-order valence-electron chi connectivity index (χ2n) is 11.5. The second-order valence-corrected chi connectivity index (χ2v) is 11.5. The molecule has 2 aliphatic carbocycles. The topological polar surface area (TPSA) is 0 Å². The highest BCUT2D eigenvalue weighted by Crippen LogP contribution is 2.45. The zero-order valence-electron chi connectivity index (χ0n) is 21.9. The van der Waals surface area contributed by atoms with Crippen molar-refractivity contribution in [3.63, 3.8) is 0 Å². The average Bonchev–Trinajstić information content (AvgIpc) is 2.86. The summed E-state index contributed by atoms with van der Waals surface area (Å²) >= 11 is 0. The standard InChI is InChI=1S/C31H49F3/c1-3-5-6-7-8-9-10-24-11-13-25(14-12-24)26-15-17-27(18-16-26)28-19-21-29(22-20-28)30(32)31(33,34)23-4-2/h19-22,24-27,30H,3-18,23H2,1-2H3. The van der Waals surface area contributed by atoms with Crippen LogP contribution in [0.15, 0.2) is 24.3 Å². The summed E-state index contributed by atoms with van der Waals surface area (Å²) in [6.07, 6.45) is 18.3. The van der Waals surface area contributed by atoms with Gasteiger partial charge in [0.2, 0.25) is 0 Å². The summed E-state index contributed by atoms with van der Waals surface area (Å²) in [6, 6.07) is 7.01. The predicted octanol–water partition coefficient (Wildman–Crippen LogP) is 11.0. The van der Waals surface area contributed by atoms with Crippen LogP contribution < -0.4 is 0 Å². The Balaban J connectivity index is 1.37. The Morgan fingerprint density at radius 1 is 0.735 bits per heavy atom. The first-order valence-corrected chi connectivity index (χ1v) is 14.6. The van der Waals surface area contributed by atoms with E-state index >= 15 is 0 Å². The molecule has 0 bridgehead atoms. The van der Waals surface area contributed by atoms with Gasteiger partial charge in [0.1, 0.15) is 0 Å². The van der Waals surface area contributed by atoms with Gasteiger partial charge in [-0.25, -0.2) is 13.2 Å². The SMILES string of the molecule is CCCCCCCCC1CCC(C2CCC(c3ccc(C(F)C(F)(F)CCC)cc3)CC2)CC1. The fourth-order valence-electron chi connectivity index (χ4n) is 6.73. The Morgan fingerprint density at radius 3 is 1.88 bits per heavy atom. The quantitative estimate of drug-likeness (QED) is 0.247. The smallest absolute Gasteiger partial charge is 0.236 e. The first kappa shape index (κ1) is 27.6. The molecular formula is C31H49F3. The summed E-state index contributed by atoms with van der Waals surface area (Å²) in [6.45, 7) is 3.95. The molecule has 0 heterocycles. The number of hydrogen-bond acceptors (Lipinski definition) is 0. The molecule has 2 aliphatic rings. The van der Waals surface area contributed by atoms with Crippen LogP contribution in [0.1, 0.15) is 146 Å². The molecule has 0 aromatic heterocycles. The van der Waals surface area contributed by atoms with E-state index in [0.29, 0.717) is 5.92 Å². The van der Waals surface area contributed by atoms with Crippen LogP contribution in [0.5, 0.6) is 0 Å². The Morgan fingerprint density at radius 2 is 1.29 bits per heavy atom. The third-order valence-electron chi connectivity index (χ3n) is 8.95. The first-order chi connectivity index (χ1) is 16.4. The molecule has 1 aromatic carbocycles. The first-order valence-electron chi connectivity index (χ1n) is 14.6. The Kier molecular flexibility index (Phi) is 11.3. The van der Waals surface area contributed by atoms with E-state index in [0.717, 1.165) is 17.8 Å². The van der Waals surface area contributed by atoms with E-state index in [4.69, 9.17) is 0 Å². The van der Waals surface area contributed by atoms with Crippen molar-refractivity contribution in [1.29, 1.82) is 0 Å². The van der Waals surface area contributed by atoms with Crippen LogP contribution in [-0.4, -0.2) is 5.92 Å². The number of hydrogen-bond donors (Lipinski definition) is 0. The van der Waals surface area contributed by atoms with Gasteiger partial charge < -0.3 is 0 Å². The van der Waals surface area contributed by atoms with Crippen molar-refractivity contribution in [3.05, 3.63) is 35.4 Å². The average molecular weight is 479 g/mol. The van der Waals surface area contributed by atoms with Crippen molar-refractivity contribution in [3.8, 4) is 0 Å². The third-order valence-corrected chi connectivity index (χ3v) is 8.95. The zero-order valence-corrected chi connectivity index (χ0v) is 21.9. The van der Waals surface area contributed by atoms with Crippen LogP contribution in [-0.2, 0) is 0 Å². The van der Waals surface area contributed by atoms with Crippen LogP contribution in [0.4, 0.5) is 13.2 Å². The van der Waals surface area contributed by atoms with Gasteiger partial charge in [0.15, 0.2) is 6.17 Å². The van der Waals surface area contributed by atoms with Gasteiger partial charge in [-0.1, -0.05) is 102 Å². The maximum absolute atomic E-state index is 14.3. The van der Waals surface area contributed by atoms with Gasteiger partial charge in [0, 0.05) is 6.42 Å². The lowest BCUT2D eigenvalue weighted by atomic mass is 9.68. The molecule has 1 unspecified atom stereocenters. The summed E-state index contributed by atoms with van der Waals surface area (Å²) in [7, 11) is 0. The largest absolute Gasteiger partial charge is 0.282 e. The van der Waals surface area contributed by atoms with E-state index in [-0.39, 0.29) is 12.0 Å². The summed E-state index contributed by atoms with van der Waals surface area (Å²) < 4.78 is 42.2. The molecule has 0 radical (unpaired) electrons. The fourth-order valence-corrected chi connectivity index (χ4v) is 6.73. The molecule has 0 saturated heterocycles.